The second-order valence-corrected chi connectivity index (χ2v) is 9.87. The van der Waals surface area contributed by atoms with E-state index >= 15 is 0 Å². The molecule has 5 nitrogen and oxygen atoms in total. The van der Waals surface area contributed by atoms with Crippen LogP contribution in [0.25, 0.3) is 0 Å². The molecule has 8 heteroatoms. The number of ether oxygens (including phenoxy) is 4. The van der Waals surface area contributed by atoms with Gasteiger partial charge in [0, 0.05) is 33.7 Å². The summed E-state index contributed by atoms with van der Waals surface area (Å²) in [6.07, 6.45) is 1.05. The second-order valence-electron chi connectivity index (χ2n) is 7.06. The van der Waals surface area contributed by atoms with E-state index in [1.54, 1.807) is 18.0 Å². The summed E-state index contributed by atoms with van der Waals surface area (Å²) < 4.78 is 26.6. The molecule has 3 heterocycles. The lowest BCUT2D eigenvalue weighted by molar-refractivity contribution is -0.310. The van der Waals surface area contributed by atoms with Crippen molar-refractivity contribution in [2.24, 2.45) is 5.92 Å². The summed E-state index contributed by atoms with van der Waals surface area (Å²) >= 11 is 8.64. The van der Waals surface area contributed by atoms with Gasteiger partial charge in [0.15, 0.2) is 6.29 Å². The fourth-order valence-corrected chi connectivity index (χ4v) is 5.96. The molecule has 0 saturated carbocycles. The molecule has 1 aromatic carbocycles. The molecule has 4 rings (SSSR count). The topological polar surface area (TPSA) is 49.8 Å². The molecule has 0 amide bonds. The van der Waals surface area contributed by atoms with Crippen molar-refractivity contribution in [1.29, 1.82) is 0 Å². The standard InChI is InChI=1S/C21H23Br2NO4S/c1-3-25-18-12(2)17-15(11-26-20(28-17)13-7-5-4-6-8-13)27-21(18)29-16-9-14(22)10-24-19(16)23/h4-10,12,15,17-18,20-21H,3,11H2,1-2H3/t12?,15?,17-,18?,20?,21-/m1/s1. The highest BCUT2D eigenvalue weighted by Gasteiger charge is 2.48. The quantitative estimate of drug-likeness (QED) is 0.458. The Bertz CT molecular complexity index is 828. The maximum atomic E-state index is 6.43. The molecule has 156 valence electrons. The van der Waals surface area contributed by atoms with Gasteiger partial charge < -0.3 is 18.9 Å². The number of aromatic nitrogens is 1. The Labute approximate surface area is 192 Å². The van der Waals surface area contributed by atoms with Crippen LogP contribution in [-0.4, -0.2) is 41.9 Å². The predicted molar refractivity (Wildman–Crippen MR) is 119 cm³/mol. The molecule has 2 fully saturated rings. The van der Waals surface area contributed by atoms with E-state index in [1.807, 2.05) is 43.3 Å². The van der Waals surface area contributed by atoms with Gasteiger partial charge in [0.25, 0.3) is 0 Å². The van der Waals surface area contributed by atoms with Crippen LogP contribution < -0.4 is 0 Å². The summed E-state index contributed by atoms with van der Waals surface area (Å²) in [4.78, 5) is 5.36. The van der Waals surface area contributed by atoms with Gasteiger partial charge in [0.05, 0.1) is 18.8 Å². The molecule has 0 radical (unpaired) electrons. The van der Waals surface area contributed by atoms with Gasteiger partial charge in [0.1, 0.15) is 16.1 Å². The molecule has 2 aromatic rings. The predicted octanol–water partition coefficient (Wildman–Crippen LogP) is 5.58. The van der Waals surface area contributed by atoms with Gasteiger partial charge in [-0.05, 0) is 44.8 Å². The van der Waals surface area contributed by atoms with Gasteiger partial charge >= 0.3 is 0 Å². The zero-order valence-electron chi connectivity index (χ0n) is 16.2. The first-order chi connectivity index (χ1) is 14.1. The number of thioether (sulfide) groups is 1. The van der Waals surface area contributed by atoms with E-state index in [2.05, 4.69) is 43.8 Å². The number of hydrogen-bond acceptors (Lipinski definition) is 6. The average Bonchev–Trinajstić information content (AvgIpc) is 2.74. The van der Waals surface area contributed by atoms with Crippen molar-refractivity contribution in [3.63, 3.8) is 0 Å². The largest absolute Gasteiger partial charge is 0.374 e. The van der Waals surface area contributed by atoms with Crippen molar-refractivity contribution in [2.75, 3.05) is 13.2 Å². The molecule has 0 spiro atoms. The summed E-state index contributed by atoms with van der Waals surface area (Å²) in [5.74, 6) is 0.153. The number of nitrogens with zero attached hydrogens (tertiary/aromatic N) is 1. The Morgan fingerprint density at radius 3 is 2.76 bits per heavy atom. The van der Waals surface area contributed by atoms with Crippen molar-refractivity contribution >= 4 is 43.6 Å². The Morgan fingerprint density at radius 2 is 2.00 bits per heavy atom. The highest BCUT2D eigenvalue weighted by Crippen LogP contribution is 2.43. The molecule has 1 aromatic heterocycles. The maximum absolute atomic E-state index is 6.43. The van der Waals surface area contributed by atoms with Gasteiger partial charge in [-0.25, -0.2) is 4.98 Å². The third-order valence-corrected chi connectivity index (χ3v) is 7.62. The van der Waals surface area contributed by atoms with E-state index < -0.39 is 0 Å². The number of fused-ring (bicyclic) bond motifs is 1. The monoisotopic (exact) mass is 543 g/mol. The van der Waals surface area contributed by atoms with Gasteiger partial charge in [-0.15, -0.1) is 0 Å². The van der Waals surface area contributed by atoms with Crippen LogP contribution in [0.4, 0.5) is 0 Å². The summed E-state index contributed by atoms with van der Waals surface area (Å²) in [7, 11) is 0. The molecule has 29 heavy (non-hydrogen) atoms. The molecule has 0 aliphatic carbocycles. The lowest BCUT2D eigenvalue weighted by Gasteiger charge is -2.48. The number of rotatable bonds is 5. The second kappa shape index (κ2) is 9.77. The van der Waals surface area contributed by atoms with E-state index in [0.29, 0.717) is 13.2 Å². The van der Waals surface area contributed by atoms with Crippen LogP contribution in [0.2, 0.25) is 0 Å². The zero-order chi connectivity index (χ0) is 20.4. The molecular weight excluding hydrogens is 522 g/mol. The first kappa shape index (κ1) is 21.7. The van der Waals surface area contributed by atoms with E-state index in [9.17, 15) is 0 Å². The van der Waals surface area contributed by atoms with Crippen LogP contribution in [0.15, 0.2) is 56.6 Å². The first-order valence-corrected chi connectivity index (χ1v) is 12.1. The lowest BCUT2D eigenvalue weighted by Crippen LogP contribution is -2.57. The summed E-state index contributed by atoms with van der Waals surface area (Å²) in [6, 6.07) is 12.1. The van der Waals surface area contributed by atoms with Gasteiger partial charge in [-0.1, -0.05) is 49.0 Å². The van der Waals surface area contributed by atoms with Crippen molar-refractivity contribution < 1.29 is 18.9 Å². The SMILES string of the molecule is CCOC1C(C)[C@H]2OC(c3ccccc3)OCC2O[C@@H]1Sc1cc(Br)cnc1Br. The molecule has 2 aliphatic heterocycles. The highest BCUT2D eigenvalue weighted by atomic mass is 79.9. The van der Waals surface area contributed by atoms with Crippen molar-refractivity contribution in [3.05, 3.63) is 57.2 Å². The molecular formula is C21H23Br2NO4S. The van der Waals surface area contributed by atoms with Crippen LogP contribution in [-0.2, 0) is 18.9 Å². The van der Waals surface area contributed by atoms with E-state index in [0.717, 1.165) is 19.5 Å². The molecule has 0 N–H and O–H groups in total. The van der Waals surface area contributed by atoms with Gasteiger partial charge in [-0.3, -0.25) is 0 Å². The van der Waals surface area contributed by atoms with Crippen molar-refractivity contribution in [1.82, 2.24) is 4.98 Å². The summed E-state index contributed by atoms with van der Waals surface area (Å²) in [6.45, 7) is 5.29. The van der Waals surface area contributed by atoms with Crippen LogP contribution in [0, 0.1) is 5.92 Å². The molecule has 2 saturated heterocycles. The zero-order valence-corrected chi connectivity index (χ0v) is 20.2. The Morgan fingerprint density at radius 1 is 1.21 bits per heavy atom. The Kier molecular flexibility index (Phi) is 7.32. The highest BCUT2D eigenvalue weighted by molar-refractivity contribution is 9.11. The molecule has 2 aliphatic rings. The minimum absolute atomic E-state index is 0.0913. The minimum Gasteiger partial charge on any atom is -0.374 e. The van der Waals surface area contributed by atoms with Crippen LogP contribution in [0.3, 0.4) is 0 Å². The first-order valence-electron chi connectivity index (χ1n) is 9.63. The molecule has 6 atom stereocenters. The Balaban J connectivity index is 1.53. The van der Waals surface area contributed by atoms with Crippen LogP contribution in [0.5, 0.6) is 0 Å². The summed E-state index contributed by atoms with van der Waals surface area (Å²) in [5, 5.41) is 0. The van der Waals surface area contributed by atoms with E-state index in [1.165, 1.54) is 0 Å². The Hall–Kier alpha value is -0.480. The van der Waals surface area contributed by atoms with Gasteiger partial charge in [-0.2, -0.15) is 0 Å². The van der Waals surface area contributed by atoms with Crippen molar-refractivity contribution in [2.45, 2.75) is 48.8 Å². The van der Waals surface area contributed by atoms with Crippen LogP contribution >= 0.6 is 43.6 Å². The fraction of sp³-hybridized carbons (Fsp3) is 0.476. The van der Waals surface area contributed by atoms with Crippen LogP contribution in [0.1, 0.15) is 25.7 Å². The number of benzene rings is 1. The van der Waals surface area contributed by atoms with Crippen molar-refractivity contribution in [3.8, 4) is 0 Å². The maximum Gasteiger partial charge on any atom is 0.184 e. The minimum atomic E-state index is -0.376. The van der Waals surface area contributed by atoms with E-state index in [-0.39, 0.29) is 36.0 Å². The third kappa shape index (κ3) is 4.89. The van der Waals surface area contributed by atoms with E-state index in [4.69, 9.17) is 18.9 Å². The lowest BCUT2D eigenvalue weighted by atomic mass is 9.90. The normalized spacial score (nSPS) is 32.0. The van der Waals surface area contributed by atoms with Gasteiger partial charge in [0.2, 0.25) is 0 Å². The summed E-state index contributed by atoms with van der Waals surface area (Å²) in [5.41, 5.74) is 0.839. The number of hydrogen-bond donors (Lipinski definition) is 0. The number of pyridine rings is 1. The smallest absolute Gasteiger partial charge is 0.184 e. The number of halogens is 2. The molecule has 4 unspecified atom stereocenters. The molecule has 0 bridgehead atoms. The third-order valence-electron chi connectivity index (χ3n) is 5.12. The fourth-order valence-electron chi connectivity index (χ4n) is 3.72. The average molecular weight is 545 g/mol.